The lowest BCUT2D eigenvalue weighted by molar-refractivity contribution is -0.152. The number of carboxylic acids is 1. The molecule has 6 nitrogen and oxygen atoms in total. The van der Waals surface area contributed by atoms with Gasteiger partial charge in [-0.15, -0.1) is 0 Å². The minimum Gasteiger partial charge on any atom is -0.479 e. The van der Waals surface area contributed by atoms with Crippen LogP contribution < -0.4 is 5.32 Å². The Bertz CT molecular complexity index is 434. The van der Waals surface area contributed by atoms with Crippen LogP contribution in [-0.4, -0.2) is 35.0 Å². The van der Waals surface area contributed by atoms with Gasteiger partial charge in [0.25, 0.3) is 0 Å². The molecule has 1 amide bonds. The minimum absolute atomic E-state index is 0.276. The monoisotopic (exact) mass is 281 g/mol. The number of aliphatic carboxylic acids is 1. The number of amides is 1. The molecule has 0 saturated heterocycles. The Labute approximate surface area is 117 Å². The van der Waals surface area contributed by atoms with Gasteiger partial charge in [-0.25, -0.2) is 9.59 Å². The van der Waals surface area contributed by atoms with Gasteiger partial charge in [0, 0.05) is 6.61 Å². The molecule has 110 valence electrons. The molecular formula is C14H19NO5. The summed E-state index contributed by atoms with van der Waals surface area (Å²) < 4.78 is 5.34. The molecule has 0 aliphatic heterocycles. The number of ether oxygens (including phenoxy) is 1. The van der Waals surface area contributed by atoms with Gasteiger partial charge in [0.2, 0.25) is 0 Å². The SMILES string of the molecule is CCCCO[C@@H](C(=O)O)[C@@H](NC(=O)O)c1ccccc1. The number of hydrogen-bond donors (Lipinski definition) is 3. The van der Waals surface area contributed by atoms with Crippen molar-refractivity contribution >= 4 is 12.1 Å². The highest BCUT2D eigenvalue weighted by molar-refractivity contribution is 5.75. The maximum Gasteiger partial charge on any atom is 0.405 e. The molecule has 2 atom stereocenters. The Morgan fingerprint density at radius 2 is 1.90 bits per heavy atom. The van der Waals surface area contributed by atoms with Crippen molar-refractivity contribution in [2.45, 2.75) is 31.9 Å². The summed E-state index contributed by atoms with van der Waals surface area (Å²) in [7, 11) is 0. The second-order valence-electron chi connectivity index (χ2n) is 4.32. The summed E-state index contributed by atoms with van der Waals surface area (Å²) >= 11 is 0. The van der Waals surface area contributed by atoms with E-state index >= 15 is 0 Å². The van der Waals surface area contributed by atoms with Crippen molar-refractivity contribution in [2.75, 3.05) is 6.61 Å². The lowest BCUT2D eigenvalue weighted by Crippen LogP contribution is -2.41. The van der Waals surface area contributed by atoms with Crippen LogP contribution in [0.3, 0.4) is 0 Å². The van der Waals surface area contributed by atoms with Crippen molar-refractivity contribution in [3.63, 3.8) is 0 Å². The molecule has 0 unspecified atom stereocenters. The molecular weight excluding hydrogens is 262 g/mol. The highest BCUT2D eigenvalue weighted by Crippen LogP contribution is 2.20. The number of benzene rings is 1. The van der Waals surface area contributed by atoms with Gasteiger partial charge in [-0.05, 0) is 12.0 Å². The molecule has 6 heteroatoms. The van der Waals surface area contributed by atoms with E-state index in [0.29, 0.717) is 5.56 Å². The van der Waals surface area contributed by atoms with Crippen LogP contribution in [0.5, 0.6) is 0 Å². The van der Waals surface area contributed by atoms with Crippen LogP contribution in [0.4, 0.5) is 4.79 Å². The smallest absolute Gasteiger partial charge is 0.405 e. The van der Waals surface area contributed by atoms with E-state index in [-0.39, 0.29) is 6.61 Å². The Kier molecular flexibility index (Phi) is 6.52. The molecule has 0 spiro atoms. The molecule has 0 fully saturated rings. The second kappa shape index (κ2) is 8.16. The van der Waals surface area contributed by atoms with E-state index in [1.54, 1.807) is 30.3 Å². The van der Waals surface area contributed by atoms with E-state index in [4.69, 9.17) is 9.84 Å². The van der Waals surface area contributed by atoms with Crippen LogP contribution in [0.25, 0.3) is 0 Å². The highest BCUT2D eigenvalue weighted by atomic mass is 16.5. The molecule has 0 aliphatic rings. The fourth-order valence-electron chi connectivity index (χ4n) is 1.79. The molecule has 1 aromatic carbocycles. The predicted molar refractivity (Wildman–Crippen MR) is 72.6 cm³/mol. The van der Waals surface area contributed by atoms with Crippen molar-refractivity contribution in [3.05, 3.63) is 35.9 Å². The van der Waals surface area contributed by atoms with Crippen LogP contribution in [0.1, 0.15) is 31.4 Å². The Hall–Kier alpha value is -2.08. The Morgan fingerprint density at radius 1 is 1.25 bits per heavy atom. The number of rotatable bonds is 8. The zero-order valence-electron chi connectivity index (χ0n) is 11.3. The maximum atomic E-state index is 11.3. The molecule has 0 bridgehead atoms. The topological polar surface area (TPSA) is 95.9 Å². The summed E-state index contributed by atoms with van der Waals surface area (Å²) in [5.41, 5.74) is 0.554. The summed E-state index contributed by atoms with van der Waals surface area (Å²) in [4.78, 5) is 22.2. The molecule has 0 aromatic heterocycles. The summed E-state index contributed by atoms with van der Waals surface area (Å²) in [5.74, 6) is -1.19. The van der Waals surface area contributed by atoms with Crippen LogP contribution in [-0.2, 0) is 9.53 Å². The summed E-state index contributed by atoms with van der Waals surface area (Å²) in [6.07, 6.45) is -0.947. The van der Waals surface area contributed by atoms with E-state index in [9.17, 15) is 14.7 Å². The van der Waals surface area contributed by atoms with E-state index < -0.39 is 24.2 Å². The number of carbonyl (C=O) groups is 2. The lowest BCUT2D eigenvalue weighted by atomic mass is 10.0. The zero-order chi connectivity index (χ0) is 15.0. The van der Waals surface area contributed by atoms with E-state index in [1.807, 2.05) is 6.92 Å². The quantitative estimate of drug-likeness (QED) is 0.635. The zero-order valence-corrected chi connectivity index (χ0v) is 11.3. The number of hydrogen-bond acceptors (Lipinski definition) is 3. The Morgan fingerprint density at radius 3 is 2.40 bits per heavy atom. The largest absolute Gasteiger partial charge is 0.479 e. The summed E-state index contributed by atoms with van der Waals surface area (Å²) in [6, 6.07) is 7.60. The lowest BCUT2D eigenvalue weighted by Gasteiger charge is -2.24. The number of unbranched alkanes of at least 4 members (excludes halogenated alkanes) is 1. The maximum absolute atomic E-state index is 11.3. The highest BCUT2D eigenvalue weighted by Gasteiger charge is 2.31. The van der Waals surface area contributed by atoms with Crippen molar-refractivity contribution in [1.82, 2.24) is 5.32 Å². The Balaban J connectivity index is 2.93. The van der Waals surface area contributed by atoms with Gasteiger partial charge in [-0.2, -0.15) is 0 Å². The minimum atomic E-state index is -1.29. The number of nitrogens with one attached hydrogen (secondary N) is 1. The van der Waals surface area contributed by atoms with Gasteiger partial charge < -0.3 is 20.3 Å². The third-order valence-corrected chi connectivity index (χ3v) is 2.78. The normalized spacial score (nSPS) is 13.4. The van der Waals surface area contributed by atoms with Crippen LogP contribution in [0.2, 0.25) is 0 Å². The average Bonchev–Trinajstić information content (AvgIpc) is 2.42. The standard InChI is InChI=1S/C14H19NO5/c1-2-3-9-20-12(13(16)17)11(15-14(18)19)10-7-5-4-6-8-10/h4-8,11-12,15H,2-3,9H2,1H3,(H,16,17)(H,18,19)/t11-,12+/m0/s1. The summed E-state index contributed by atoms with van der Waals surface area (Å²) in [5, 5.41) is 20.4. The third-order valence-electron chi connectivity index (χ3n) is 2.78. The molecule has 1 rings (SSSR count). The molecule has 20 heavy (non-hydrogen) atoms. The predicted octanol–water partition coefficient (Wildman–Crippen LogP) is 2.27. The van der Waals surface area contributed by atoms with Gasteiger partial charge in [0.1, 0.15) is 0 Å². The molecule has 0 aliphatic carbocycles. The molecule has 0 saturated carbocycles. The summed E-state index contributed by atoms with van der Waals surface area (Å²) in [6.45, 7) is 2.24. The van der Waals surface area contributed by atoms with Gasteiger partial charge in [0.05, 0.1) is 6.04 Å². The van der Waals surface area contributed by atoms with Crippen LogP contribution in [0.15, 0.2) is 30.3 Å². The first-order valence-corrected chi connectivity index (χ1v) is 6.45. The molecule has 1 aromatic rings. The van der Waals surface area contributed by atoms with Gasteiger partial charge >= 0.3 is 12.1 Å². The van der Waals surface area contributed by atoms with E-state index in [0.717, 1.165) is 12.8 Å². The van der Waals surface area contributed by atoms with Gasteiger partial charge in [-0.3, -0.25) is 0 Å². The van der Waals surface area contributed by atoms with Crippen molar-refractivity contribution in [2.24, 2.45) is 0 Å². The van der Waals surface area contributed by atoms with E-state index in [2.05, 4.69) is 5.32 Å². The van der Waals surface area contributed by atoms with E-state index in [1.165, 1.54) is 0 Å². The first kappa shape index (κ1) is 16.0. The van der Waals surface area contributed by atoms with Crippen molar-refractivity contribution < 1.29 is 24.5 Å². The molecule has 0 heterocycles. The van der Waals surface area contributed by atoms with Gasteiger partial charge in [-0.1, -0.05) is 43.7 Å². The molecule has 3 N–H and O–H groups in total. The van der Waals surface area contributed by atoms with Gasteiger partial charge in [0.15, 0.2) is 6.10 Å². The fourth-order valence-corrected chi connectivity index (χ4v) is 1.79. The third kappa shape index (κ3) is 4.89. The fraction of sp³-hybridized carbons (Fsp3) is 0.429. The van der Waals surface area contributed by atoms with Crippen molar-refractivity contribution in [1.29, 1.82) is 0 Å². The first-order chi connectivity index (χ1) is 9.56. The van der Waals surface area contributed by atoms with Crippen LogP contribution in [0, 0.1) is 0 Å². The van der Waals surface area contributed by atoms with Crippen molar-refractivity contribution in [3.8, 4) is 0 Å². The number of carboxylic acid groups (broad SMARTS) is 2. The second-order valence-corrected chi connectivity index (χ2v) is 4.32. The average molecular weight is 281 g/mol. The molecule has 0 radical (unpaired) electrons. The first-order valence-electron chi connectivity index (χ1n) is 6.45. The van der Waals surface area contributed by atoms with Crippen LogP contribution >= 0.6 is 0 Å².